The largest absolute Gasteiger partial charge is 0.497 e. The molecule has 2 aromatic rings. The molecule has 0 amide bonds. The molecule has 1 N–H and O–H groups in total. The zero-order valence-corrected chi connectivity index (χ0v) is 21.3. The average molecular weight is 559 g/mol. The number of hydrogen-bond donors (Lipinski definition) is 1. The van der Waals surface area contributed by atoms with Gasteiger partial charge in [-0.05, 0) is 48.2 Å². The van der Waals surface area contributed by atoms with Crippen molar-refractivity contribution in [1.29, 1.82) is 0 Å². The molecule has 2 aliphatic heterocycles. The van der Waals surface area contributed by atoms with Gasteiger partial charge in [-0.1, -0.05) is 35.9 Å². The molecule has 2 unspecified atom stereocenters. The maximum atomic E-state index is 12.3. The normalized spacial score (nSPS) is 24.7. The highest BCUT2D eigenvalue weighted by Gasteiger charge is 2.38. The molecule has 4 rings (SSSR count). The quantitative estimate of drug-likeness (QED) is 0.556. The van der Waals surface area contributed by atoms with E-state index in [1.807, 2.05) is 0 Å². The lowest BCUT2D eigenvalue weighted by molar-refractivity contribution is -0.372. The summed E-state index contributed by atoms with van der Waals surface area (Å²) < 4.78 is 5.22. The Morgan fingerprint density at radius 3 is 1.77 bits per heavy atom. The van der Waals surface area contributed by atoms with Gasteiger partial charge in [0, 0.05) is 39.8 Å². The molecule has 2 atom stereocenters. The number of fused-ring (bicyclic) bond motifs is 3. The summed E-state index contributed by atoms with van der Waals surface area (Å²) in [5, 5.41) is 13.7. The van der Waals surface area contributed by atoms with E-state index in [-0.39, 0.29) is 12.8 Å². The molecule has 0 saturated heterocycles. The van der Waals surface area contributed by atoms with Gasteiger partial charge in [0.2, 0.25) is 0 Å². The van der Waals surface area contributed by atoms with Crippen molar-refractivity contribution in [3.05, 3.63) is 89.0 Å². The second-order valence-corrected chi connectivity index (χ2v) is 8.83. The van der Waals surface area contributed by atoms with Crippen molar-refractivity contribution in [3.8, 4) is 5.75 Å². The second kappa shape index (κ2) is 12.1. The van der Waals surface area contributed by atoms with Crippen molar-refractivity contribution >= 4 is 35.5 Å². The number of aliphatic hydroxyl groups is 1. The molecule has 0 aromatic heterocycles. The molecule has 0 spiro atoms. The minimum absolute atomic E-state index is 0.0430. The number of ether oxygens (including phenoxy) is 1. The third kappa shape index (κ3) is 7.00. The average Bonchev–Trinajstić information content (AvgIpc) is 2.92. The predicted molar refractivity (Wildman–Crippen MR) is 132 cm³/mol. The monoisotopic (exact) mass is 558 g/mol. The number of hydroxylamine groups is 4. The third-order valence-electron chi connectivity index (χ3n) is 5.84. The van der Waals surface area contributed by atoms with Crippen LogP contribution in [0.2, 0.25) is 5.02 Å². The van der Waals surface area contributed by atoms with E-state index in [0.29, 0.717) is 32.4 Å². The minimum atomic E-state index is -1.62. The Bertz CT molecular complexity index is 1250. The van der Waals surface area contributed by atoms with Gasteiger partial charge in [0.15, 0.2) is 0 Å². The van der Waals surface area contributed by atoms with E-state index in [1.165, 1.54) is 7.11 Å². The van der Waals surface area contributed by atoms with Crippen LogP contribution in [-0.2, 0) is 44.1 Å². The van der Waals surface area contributed by atoms with Crippen LogP contribution in [-0.4, -0.2) is 59.1 Å². The lowest BCUT2D eigenvalue weighted by atomic mass is 9.81. The topological polar surface area (TPSA) is 141 Å². The van der Waals surface area contributed by atoms with Crippen LogP contribution in [0.5, 0.6) is 5.75 Å². The summed E-state index contributed by atoms with van der Waals surface area (Å²) in [7, 11) is 1.52. The molecule has 0 saturated carbocycles. The molecule has 39 heavy (non-hydrogen) atoms. The van der Waals surface area contributed by atoms with Crippen LogP contribution < -0.4 is 4.74 Å². The lowest BCUT2D eigenvalue weighted by Crippen LogP contribution is -2.48. The zero-order valence-electron chi connectivity index (χ0n) is 20.5. The van der Waals surface area contributed by atoms with Crippen LogP contribution in [0.1, 0.15) is 24.0 Å². The second-order valence-electron chi connectivity index (χ2n) is 8.40. The van der Waals surface area contributed by atoms with Gasteiger partial charge in [-0.3, -0.25) is 0 Å². The van der Waals surface area contributed by atoms with Crippen molar-refractivity contribution in [1.82, 2.24) is 10.5 Å². The van der Waals surface area contributed by atoms with Gasteiger partial charge >= 0.3 is 23.9 Å². The van der Waals surface area contributed by atoms with E-state index >= 15 is 0 Å². The van der Waals surface area contributed by atoms with E-state index < -0.39 is 42.1 Å². The molecule has 12 nitrogen and oxygen atoms in total. The van der Waals surface area contributed by atoms with Crippen LogP contribution in [0.25, 0.3) is 0 Å². The molecule has 0 fully saturated rings. The van der Waals surface area contributed by atoms with E-state index in [2.05, 4.69) is 0 Å². The maximum Gasteiger partial charge on any atom is 0.353 e. The van der Waals surface area contributed by atoms with E-state index in [4.69, 9.17) is 35.7 Å². The first kappa shape index (κ1) is 27.8. The summed E-state index contributed by atoms with van der Waals surface area (Å²) in [6, 6.07) is 12.2. The fraction of sp³-hybridized carbons (Fsp3) is 0.231. The molecule has 0 aliphatic carbocycles. The number of rotatable bonds is 6. The first-order chi connectivity index (χ1) is 18.7. The van der Waals surface area contributed by atoms with Crippen molar-refractivity contribution in [2.75, 3.05) is 13.7 Å². The van der Waals surface area contributed by atoms with E-state index in [9.17, 15) is 24.3 Å². The fourth-order valence-electron chi connectivity index (χ4n) is 3.89. The molecule has 2 heterocycles. The highest BCUT2D eigenvalue weighted by Crippen LogP contribution is 2.37. The summed E-state index contributed by atoms with van der Waals surface area (Å²) >= 11 is 6.06. The number of benzene rings is 2. The summed E-state index contributed by atoms with van der Waals surface area (Å²) in [6.07, 6.45) is 2.88. The Labute approximate surface area is 227 Å². The number of halogens is 1. The van der Waals surface area contributed by atoms with Crippen LogP contribution in [0.15, 0.2) is 72.8 Å². The molecule has 0 radical (unpaired) electrons. The Morgan fingerprint density at radius 2 is 1.28 bits per heavy atom. The van der Waals surface area contributed by atoms with Gasteiger partial charge in [0.05, 0.1) is 13.7 Å². The summed E-state index contributed by atoms with van der Waals surface area (Å²) in [5.74, 6) is -3.56. The number of methoxy groups -OCH3 is 1. The molecule has 204 valence electrons. The number of nitrogens with zero attached hydrogens (tertiary/aromatic N) is 2. The molecule has 2 aromatic carbocycles. The summed E-state index contributed by atoms with van der Waals surface area (Å²) in [5.41, 5.74) is -0.645. The standard InChI is InChI=1S/C26H23ClN2O10/c1-35-21-8-4-18(5-9-21)26(34,17-2-6-19(27)7-3-17)15-14-20-16-28-36-22(30)10-12-24(32)38-29(20)39-25(33)13-11-23(31)37-28/h2-13,20,34H,14-16H2,1H3/b12-10-,13-11-. The number of carbonyl (C=O) groups is 4. The van der Waals surface area contributed by atoms with E-state index in [1.54, 1.807) is 48.5 Å². The van der Waals surface area contributed by atoms with Crippen molar-refractivity contribution in [2.24, 2.45) is 0 Å². The van der Waals surface area contributed by atoms with Gasteiger partial charge in [0.25, 0.3) is 0 Å². The first-order valence-electron chi connectivity index (χ1n) is 11.6. The smallest absolute Gasteiger partial charge is 0.353 e. The highest BCUT2D eigenvalue weighted by molar-refractivity contribution is 6.30. The summed E-state index contributed by atoms with van der Waals surface area (Å²) in [6.45, 7) is -0.432. The minimum Gasteiger partial charge on any atom is -0.497 e. The Balaban J connectivity index is 1.71. The van der Waals surface area contributed by atoms with Crippen LogP contribution in [0.4, 0.5) is 0 Å². The van der Waals surface area contributed by atoms with Gasteiger partial charge in [-0.15, -0.1) is 0 Å². The maximum absolute atomic E-state index is 12.3. The van der Waals surface area contributed by atoms with Crippen LogP contribution in [0.3, 0.4) is 0 Å². The zero-order chi connectivity index (χ0) is 28.0. The fourth-order valence-corrected chi connectivity index (χ4v) is 4.02. The van der Waals surface area contributed by atoms with Crippen molar-refractivity contribution in [3.63, 3.8) is 0 Å². The Hall–Kier alpha value is -4.23. The molecule has 13 heteroatoms. The van der Waals surface area contributed by atoms with Gasteiger partial charge < -0.3 is 29.2 Å². The summed E-state index contributed by atoms with van der Waals surface area (Å²) in [4.78, 5) is 69.1. The SMILES string of the molecule is COc1ccc(C(O)(CCC2CN3OC(=O)/C=C\C(=O)ON2OC(=O)/C=C\C(=O)O3)c2ccc(Cl)cc2)cc1. The van der Waals surface area contributed by atoms with Crippen molar-refractivity contribution < 1.29 is 48.4 Å². The molecule has 2 aliphatic rings. The highest BCUT2D eigenvalue weighted by atomic mass is 35.5. The molecule has 2 bridgehead atoms. The van der Waals surface area contributed by atoms with Crippen molar-refractivity contribution in [2.45, 2.75) is 24.5 Å². The lowest BCUT2D eigenvalue weighted by Gasteiger charge is -2.34. The van der Waals surface area contributed by atoms with Crippen LogP contribution >= 0.6 is 11.6 Å². The Kier molecular flexibility index (Phi) is 8.62. The Morgan fingerprint density at radius 1 is 0.821 bits per heavy atom. The van der Waals surface area contributed by atoms with Gasteiger partial charge in [0.1, 0.15) is 17.4 Å². The van der Waals surface area contributed by atoms with Gasteiger partial charge in [-0.2, -0.15) is 0 Å². The molecular formula is C26H23ClN2O10. The number of hydrogen-bond acceptors (Lipinski definition) is 12. The molecular weight excluding hydrogens is 536 g/mol. The third-order valence-corrected chi connectivity index (χ3v) is 6.09. The number of carbonyl (C=O) groups excluding carboxylic acids is 4. The van der Waals surface area contributed by atoms with Crippen LogP contribution in [0, 0.1) is 0 Å². The predicted octanol–water partition coefficient (Wildman–Crippen LogP) is 2.31. The van der Waals surface area contributed by atoms with E-state index in [0.717, 1.165) is 24.3 Å². The van der Waals surface area contributed by atoms with Gasteiger partial charge in [-0.25, -0.2) is 19.2 Å². The first-order valence-corrected chi connectivity index (χ1v) is 12.0.